The van der Waals surface area contributed by atoms with Crippen molar-refractivity contribution in [3.05, 3.63) is 12.8 Å². The summed E-state index contributed by atoms with van der Waals surface area (Å²) in [6.45, 7) is 7.86. The van der Waals surface area contributed by atoms with Crippen molar-refractivity contribution in [1.82, 2.24) is 4.90 Å². The van der Waals surface area contributed by atoms with E-state index in [2.05, 4.69) is 20.4 Å². The van der Waals surface area contributed by atoms with Crippen molar-refractivity contribution in [3.63, 3.8) is 0 Å². The van der Waals surface area contributed by atoms with Crippen molar-refractivity contribution in [3.8, 4) is 0 Å². The Morgan fingerprint density at radius 2 is 2.45 bits per heavy atom. The average molecular weight is 153 g/mol. The highest BCUT2D eigenvalue weighted by molar-refractivity contribution is 5.80. The van der Waals surface area contributed by atoms with Crippen LogP contribution < -0.4 is 0 Å². The lowest BCUT2D eigenvalue weighted by atomic mass is 10.0. The van der Waals surface area contributed by atoms with Gasteiger partial charge in [0.15, 0.2) is 0 Å². The smallest absolute Gasteiger partial charge is 0.227 e. The molecule has 0 radical (unpaired) electrons. The lowest BCUT2D eigenvalue weighted by Crippen LogP contribution is -2.28. The molecule has 1 amide bonds. The number of nitrogens with zero attached hydrogens (tertiary/aromatic N) is 1. The predicted octanol–water partition coefficient (Wildman–Crippen LogP) is 1.78. The van der Waals surface area contributed by atoms with E-state index in [1.54, 1.807) is 11.1 Å². The fraction of sp³-hybridized carbons (Fsp3) is 0.667. The Bertz CT molecular complexity index is 176. The zero-order valence-corrected chi connectivity index (χ0v) is 7.21. The zero-order chi connectivity index (χ0) is 8.43. The van der Waals surface area contributed by atoms with Gasteiger partial charge in [0.05, 0.1) is 0 Å². The molecule has 1 rings (SSSR count). The van der Waals surface area contributed by atoms with Crippen molar-refractivity contribution >= 4 is 5.91 Å². The van der Waals surface area contributed by atoms with Gasteiger partial charge in [-0.1, -0.05) is 20.4 Å². The topological polar surface area (TPSA) is 20.3 Å². The first kappa shape index (κ1) is 8.31. The fourth-order valence-corrected chi connectivity index (χ4v) is 1.81. The van der Waals surface area contributed by atoms with Gasteiger partial charge in [0, 0.05) is 12.5 Å². The van der Waals surface area contributed by atoms with E-state index in [1.807, 2.05) is 0 Å². The van der Waals surface area contributed by atoms with Gasteiger partial charge >= 0.3 is 0 Å². The maximum atomic E-state index is 11.2. The van der Waals surface area contributed by atoms with E-state index in [0.29, 0.717) is 18.4 Å². The van der Waals surface area contributed by atoms with Crippen LogP contribution in [0, 0.1) is 5.92 Å². The number of rotatable bonds is 2. The van der Waals surface area contributed by atoms with Gasteiger partial charge in [-0.3, -0.25) is 4.79 Å². The Kier molecular flexibility index (Phi) is 2.32. The summed E-state index contributed by atoms with van der Waals surface area (Å²) in [4.78, 5) is 13.0. The van der Waals surface area contributed by atoms with Gasteiger partial charge < -0.3 is 4.90 Å². The van der Waals surface area contributed by atoms with Crippen LogP contribution in [0.3, 0.4) is 0 Å². The second-order valence-electron chi connectivity index (χ2n) is 3.14. The maximum Gasteiger partial charge on any atom is 0.227 e. The monoisotopic (exact) mass is 153 g/mol. The molecule has 0 aromatic carbocycles. The highest BCUT2D eigenvalue weighted by atomic mass is 16.2. The molecule has 2 unspecified atom stereocenters. The molecule has 0 aromatic heterocycles. The third kappa shape index (κ3) is 1.30. The second-order valence-corrected chi connectivity index (χ2v) is 3.14. The largest absolute Gasteiger partial charge is 0.316 e. The van der Waals surface area contributed by atoms with E-state index >= 15 is 0 Å². The van der Waals surface area contributed by atoms with E-state index in [1.165, 1.54) is 0 Å². The van der Waals surface area contributed by atoms with E-state index in [9.17, 15) is 4.79 Å². The van der Waals surface area contributed by atoms with E-state index in [-0.39, 0.29) is 5.91 Å². The summed E-state index contributed by atoms with van der Waals surface area (Å²) in [7, 11) is 0. The predicted molar refractivity (Wildman–Crippen MR) is 44.9 cm³/mol. The van der Waals surface area contributed by atoms with E-state index in [0.717, 1.165) is 6.42 Å². The molecule has 1 aliphatic heterocycles. The summed E-state index contributed by atoms with van der Waals surface area (Å²) in [6, 6.07) is 0.389. The Morgan fingerprint density at radius 1 is 1.82 bits per heavy atom. The zero-order valence-electron chi connectivity index (χ0n) is 7.21. The molecule has 2 atom stereocenters. The van der Waals surface area contributed by atoms with Crippen LogP contribution in [-0.2, 0) is 4.79 Å². The standard InChI is InChI=1S/C9H15NO/c1-4-8-7(3)6-9(11)10(8)5-2/h5,7-8H,2,4,6H2,1,3H3. The number of carbonyl (C=O) groups is 1. The number of hydrogen-bond acceptors (Lipinski definition) is 1. The molecule has 2 heteroatoms. The summed E-state index contributed by atoms with van der Waals surface area (Å²) >= 11 is 0. The van der Waals surface area contributed by atoms with Crippen LogP contribution in [0.25, 0.3) is 0 Å². The number of likely N-dealkylation sites (tertiary alicyclic amines) is 1. The summed E-state index contributed by atoms with van der Waals surface area (Å²) < 4.78 is 0. The third-order valence-electron chi connectivity index (χ3n) is 2.41. The third-order valence-corrected chi connectivity index (χ3v) is 2.41. The van der Waals surface area contributed by atoms with Crippen molar-refractivity contribution in [2.45, 2.75) is 32.7 Å². The average Bonchev–Trinajstić information content (AvgIpc) is 2.24. The van der Waals surface area contributed by atoms with Gasteiger partial charge in [-0.15, -0.1) is 0 Å². The Balaban J connectivity index is 2.74. The van der Waals surface area contributed by atoms with Crippen LogP contribution in [0.2, 0.25) is 0 Å². The number of amides is 1. The first-order chi connectivity index (χ1) is 5.20. The molecule has 0 spiro atoms. The Labute approximate surface area is 67.9 Å². The van der Waals surface area contributed by atoms with Gasteiger partial charge in [0.1, 0.15) is 0 Å². The van der Waals surface area contributed by atoms with Gasteiger partial charge in [-0.2, -0.15) is 0 Å². The van der Waals surface area contributed by atoms with Crippen molar-refractivity contribution < 1.29 is 4.79 Å². The van der Waals surface area contributed by atoms with E-state index in [4.69, 9.17) is 0 Å². The number of hydrogen-bond donors (Lipinski definition) is 0. The van der Waals surface area contributed by atoms with Gasteiger partial charge in [0.2, 0.25) is 5.91 Å². The summed E-state index contributed by atoms with van der Waals surface area (Å²) in [6.07, 6.45) is 3.36. The first-order valence-corrected chi connectivity index (χ1v) is 4.14. The van der Waals surface area contributed by atoms with Crippen LogP contribution in [0.5, 0.6) is 0 Å². The minimum atomic E-state index is 0.222. The van der Waals surface area contributed by atoms with Crippen LogP contribution in [0.4, 0.5) is 0 Å². The minimum Gasteiger partial charge on any atom is -0.316 e. The van der Waals surface area contributed by atoms with E-state index < -0.39 is 0 Å². The van der Waals surface area contributed by atoms with Gasteiger partial charge in [-0.25, -0.2) is 0 Å². The van der Waals surface area contributed by atoms with Crippen LogP contribution in [-0.4, -0.2) is 16.8 Å². The summed E-state index contributed by atoms with van der Waals surface area (Å²) in [5.74, 6) is 0.713. The van der Waals surface area contributed by atoms with Crippen LogP contribution in [0.15, 0.2) is 12.8 Å². The molecule has 0 aromatic rings. The maximum absolute atomic E-state index is 11.2. The normalized spacial score (nSPS) is 31.1. The van der Waals surface area contributed by atoms with Crippen molar-refractivity contribution in [1.29, 1.82) is 0 Å². The van der Waals surface area contributed by atoms with Crippen LogP contribution in [0.1, 0.15) is 26.7 Å². The molecule has 1 fully saturated rings. The van der Waals surface area contributed by atoms with Gasteiger partial charge in [0.25, 0.3) is 0 Å². The van der Waals surface area contributed by atoms with Crippen LogP contribution >= 0.6 is 0 Å². The molecule has 0 aliphatic carbocycles. The number of carbonyl (C=O) groups excluding carboxylic acids is 1. The molecule has 0 saturated carbocycles. The minimum absolute atomic E-state index is 0.222. The molecule has 1 heterocycles. The Hall–Kier alpha value is -0.790. The molecule has 0 N–H and O–H groups in total. The first-order valence-electron chi connectivity index (χ1n) is 4.14. The second kappa shape index (κ2) is 3.07. The summed E-state index contributed by atoms with van der Waals surface area (Å²) in [5.41, 5.74) is 0. The quantitative estimate of drug-likeness (QED) is 0.592. The lowest BCUT2D eigenvalue weighted by molar-refractivity contribution is -0.126. The van der Waals surface area contributed by atoms with Crippen molar-refractivity contribution in [2.75, 3.05) is 0 Å². The van der Waals surface area contributed by atoms with Gasteiger partial charge in [-0.05, 0) is 18.5 Å². The molecule has 2 nitrogen and oxygen atoms in total. The molecule has 1 aliphatic rings. The summed E-state index contributed by atoms with van der Waals surface area (Å²) in [5, 5.41) is 0. The molecular weight excluding hydrogens is 138 g/mol. The molecule has 1 saturated heterocycles. The molecule has 11 heavy (non-hydrogen) atoms. The molecule has 0 bridgehead atoms. The highest BCUT2D eigenvalue weighted by Crippen LogP contribution is 2.26. The fourth-order valence-electron chi connectivity index (χ4n) is 1.81. The molecule has 62 valence electrons. The Morgan fingerprint density at radius 3 is 2.82 bits per heavy atom. The SMILES string of the molecule is C=CN1C(=O)CC(C)C1CC. The lowest BCUT2D eigenvalue weighted by Gasteiger charge is -2.21. The highest BCUT2D eigenvalue weighted by Gasteiger charge is 2.33. The van der Waals surface area contributed by atoms with Crippen molar-refractivity contribution in [2.24, 2.45) is 5.92 Å². The molecular formula is C9H15NO.